The van der Waals surface area contributed by atoms with E-state index in [1.165, 1.54) is 23.1 Å². The van der Waals surface area contributed by atoms with Gasteiger partial charge in [0.25, 0.3) is 0 Å². The summed E-state index contributed by atoms with van der Waals surface area (Å²) in [6, 6.07) is 7.26. The number of rotatable bonds is 4. The first kappa shape index (κ1) is 11.7. The standard InChI is InChI=1S/C15H23N/c1-5-16-15(14-9-11(14)3)13-8-6-7-10(2)12(13)4/h6-8,11,14-16H,5,9H2,1-4H3. The van der Waals surface area contributed by atoms with Crippen LogP contribution < -0.4 is 5.32 Å². The van der Waals surface area contributed by atoms with E-state index < -0.39 is 0 Å². The fraction of sp³-hybridized carbons (Fsp3) is 0.600. The van der Waals surface area contributed by atoms with Gasteiger partial charge in [-0.25, -0.2) is 0 Å². The van der Waals surface area contributed by atoms with E-state index in [-0.39, 0.29) is 0 Å². The molecule has 0 amide bonds. The summed E-state index contributed by atoms with van der Waals surface area (Å²) in [4.78, 5) is 0. The van der Waals surface area contributed by atoms with Gasteiger partial charge in [-0.3, -0.25) is 0 Å². The molecule has 1 saturated carbocycles. The fourth-order valence-electron chi connectivity index (χ4n) is 2.64. The summed E-state index contributed by atoms with van der Waals surface area (Å²) in [6.07, 6.45) is 1.38. The van der Waals surface area contributed by atoms with Crippen molar-refractivity contribution in [2.45, 2.75) is 40.2 Å². The minimum absolute atomic E-state index is 0.569. The van der Waals surface area contributed by atoms with E-state index in [9.17, 15) is 0 Å². The lowest BCUT2D eigenvalue weighted by Crippen LogP contribution is -2.24. The Morgan fingerprint density at radius 3 is 2.62 bits per heavy atom. The van der Waals surface area contributed by atoms with Gasteiger partial charge in [0, 0.05) is 6.04 Å². The van der Waals surface area contributed by atoms with E-state index in [2.05, 4.69) is 51.2 Å². The lowest BCUT2D eigenvalue weighted by atomic mass is 9.94. The third-order valence-electron chi connectivity index (χ3n) is 4.01. The summed E-state index contributed by atoms with van der Waals surface area (Å²) in [7, 11) is 0. The molecule has 88 valence electrons. The molecule has 1 fully saturated rings. The Labute approximate surface area is 99.3 Å². The zero-order valence-corrected chi connectivity index (χ0v) is 10.9. The molecule has 1 N–H and O–H groups in total. The van der Waals surface area contributed by atoms with E-state index >= 15 is 0 Å². The second-order valence-corrected chi connectivity index (χ2v) is 5.20. The predicted octanol–water partition coefficient (Wildman–Crippen LogP) is 3.61. The van der Waals surface area contributed by atoms with E-state index in [0.29, 0.717) is 6.04 Å². The van der Waals surface area contributed by atoms with Crippen molar-refractivity contribution in [1.29, 1.82) is 0 Å². The SMILES string of the molecule is CCNC(c1cccc(C)c1C)C1CC1C. The highest BCUT2D eigenvalue weighted by Crippen LogP contribution is 2.47. The number of aryl methyl sites for hydroxylation is 1. The Balaban J connectivity index is 2.28. The van der Waals surface area contributed by atoms with Gasteiger partial charge >= 0.3 is 0 Å². The van der Waals surface area contributed by atoms with Crippen LogP contribution in [0.5, 0.6) is 0 Å². The van der Waals surface area contributed by atoms with Crippen molar-refractivity contribution in [3.63, 3.8) is 0 Å². The van der Waals surface area contributed by atoms with Crippen LogP contribution in [0.4, 0.5) is 0 Å². The normalized spacial score (nSPS) is 25.5. The molecule has 3 unspecified atom stereocenters. The average Bonchev–Trinajstić information content (AvgIpc) is 2.97. The molecule has 1 heteroatoms. The van der Waals surface area contributed by atoms with Crippen molar-refractivity contribution < 1.29 is 0 Å². The minimum atomic E-state index is 0.569. The van der Waals surface area contributed by atoms with Gasteiger partial charge in [-0.05, 0) is 55.3 Å². The van der Waals surface area contributed by atoms with E-state index in [0.717, 1.165) is 18.4 Å². The quantitative estimate of drug-likeness (QED) is 0.812. The monoisotopic (exact) mass is 217 g/mol. The molecular weight excluding hydrogens is 194 g/mol. The molecule has 1 aromatic carbocycles. The van der Waals surface area contributed by atoms with Crippen LogP contribution in [-0.2, 0) is 0 Å². The van der Waals surface area contributed by atoms with Crippen molar-refractivity contribution in [2.24, 2.45) is 11.8 Å². The Kier molecular flexibility index (Phi) is 3.34. The van der Waals surface area contributed by atoms with Gasteiger partial charge in [-0.1, -0.05) is 32.0 Å². The topological polar surface area (TPSA) is 12.0 Å². The number of nitrogens with one attached hydrogen (secondary N) is 1. The molecule has 1 aliphatic carbocycles. The van der Waals surface area contributed by atoms with Crippen molar-refractivity contribution in [1.82, 2.24) is 5.32 Å². The molecule has 1 aliphatic rings. The molecule has 0 aromatic heterocycles. The first-order valence-electron chi connectivity index (χ1n) is 6.44. The minimum Gasteiger partial charge on any atom is -0.310 e. The van der Waals surface area contributed by atoms with Gasteiger partial charge in [-0.2, -0.15) is 0 Å². The molecule has 0 saturated heterocycles. The lowest BCUT2D eigenvalue weighted by molar-refractivity contribution is 0.473. The van der Waals surface area contributed by atoms with Crippen molar-refractivity contribution in [3.05, 3.63) is 34.9 Å². The van der Waals surface area contributed by atoms with Crippen LogP contribution in [0, 0.1) is 25.7 Å². The molecule has 0 bridgehead atoms. The highest BCUT2D eigenvalue weighted by Gasteiger charge is 2.40. The summed E-state index contributed by atoms with van der Waals surface area (Å²) < 4.78 is 0. The van der Waals surface area contributed by atoms with Crippen LogP contribution in [0.25, 0.3) is 0 Å². The number of benzene rings is 1. The maximum absolute atomic E-state index is 3.66. The van der Waals surface area contributed by atoms with Crippen molar-refractivity contribution in [3.8, 4) is 0 Å². The highest BCUT2D eigenvalue weighted by molar-refractivity contribution is 5.36. The second-order valence-electron chi connectivity index (χ2n) is 5.20. The van der Waals surface area contributed by atoms with Crippen LogP contribution in [-0.4, -0.2) is 6.54 Å². The molecule has 16 heavy (non-hydrogen) atoms. The molecule has 3 atom stereocenters. The van der Waals surface area contributed by atoms with Crippen LogP contribution in [0.1, 0.15) is 43.0 Å². The number of hydrogen-bond acceptors (Lipinski definition) is 1. The van der Waals surface area contributed by atoms with Crippen LogP contribution >= 0.6 is 0 Å². The Bertz CT molecular complexity index is 370. The lowest BCUT2D eigenvalue weighted by Gasteiger charge is -2.21. The molecule has 1 aromatic rings. The summed E-state index contributed by atoms with van der Waals surface area (Å²) in [5, 5.41) is 3.66. The first-order chi connectivity index (χ1) is 7.65. The van der Waals surface area contributed by atoms with Crippen LogP contribution in [0.15, 0.2) is 18.2 Å². The van der Waals surface area contributed by atoms with E-state index in [1.807, 2.05) is 0 Å². The predicted molar refractivity (Wildman–Crippen MR) is 69.6 cm³/mol. The summed E-state index contributed by atoms with van der Waals surface area (Å²) >= 11 is 0. The maximum atomic E-state index is 3.66. The van der Waals surface area contributed by atoms with Gasteiger partial charge in [0.15, 0.2) is 0 Å². The summed E-state index contributed by atoms with van der Waals surface area (Å²) in [5.74, 6) is 1.74. The van der Waals surface area contributed by atoms with Gasteiger partial charge in [0.2, 0.25) is 0 Å². The van der Waals surface area contributed by atoms with E-state index in [4.69, 9.17) is 0 Å². The third kappa shape index (κ3) is 2.15. The highest BCUT2D eigenvalue weighted by atomic mass is 14.9. The number of hydrogen-bond donors (Lipinski definition) is 1. The first-order valence-corrected chi connectivity index (χ1v) is 6.44. The van der Waals surface area contributed by atoms with Crippen molar-refractivity contribution in [2.75, 3.05) is 6.54 Å². The van der Waals surface area contributed by atoms with Gasteiger partial charge in [-0.15, -0.1) is 0 Å². The zero-order chi connectivity index (χ0) is 11.7. The Morgan fingerprint density at radius 1 is 1.38 bits per heavy atom. The smallest absolute Gasteiger partial charge is 0.0353 e. The van der Waals surface area contributed by atoms with E-state index in [1.54, 1.807) is 0 Å². The zero-order valence-electron chi connectivity index (χ0n) is 10.9. The van der Waals surface area contributed by atoms with Crippen molar-refractivity contribution >= 4 is 0 Å². The summed E-state index contributed by atoms with van der Waals surface area (Å²) in [5.41, 5.74) is 4.39. The molecule has 0 aliphatic heterocycles. The van der Waals surface area contributed by atoms with Gasteiger partial charge < -0.3 is 5.32 Å². The largest absolute Gasteiger partial charge is 0.310 e. The average molecular weight is 217 g/mol. The summed E-state index contributed by atoms with van der Waals surface area (Å²) in [6.45, 7) is 10.1. The Hall–Kier alpha value is -0.820. The van der Waals surface area contributed by atoms with Gasteiger partial charge in [0.1, 0.15) is 0 Å². The molecule has 0 heterocycles. The van der Waals surface area contributed by atoms with Crippen LogP contribution in [0.3, 0.4) is 0 Å². The Morgan fingerprint density at radius 2 is 2.06 bits per heavy atom. The molecule has 1 nitrogen and oxygen atoms in total. The third-order valence-corrected chi connectivity index (χ3v) is 4.01. The molecule has 2 rings (SSSR count). The molecular formula is C15H23N. The molecule has 0 radical (unpaired) electrons. The molecule has 0 spiro atoms. The fourth-order valence-corrected chi connectivity index (χ4v) is 2.64. The van der Waals surface area contributed by atoms with Gasteiger partial charge in [0.05, 0.1) is 0 Å². The maximum Gasteiger partial charge on any atom is 0.0353 e. The second kappa shape index (κ2) is 4.58. The van der Waals surface area contributed by atoms with Crippen LogP contribution in [0.2, 0.25) is 0 Å².